The molecule has 1 aromatic rings. The van der Waals surface area contributed by atoms with Gasteiger partial charge in [-0.05, 0) is 42.9 Å². The van der Waals surface area contributed by atoms with Crippen molar-refractivity contribution in [3.63, 3.8) is 0 Å². The minimum absolute atomic E-state index is 0.119. The van der Waals surface area contributed by atoms with Gasteiger partial charge in [0, 0.05) is 12.5 Å². The topological polar surface area (TPSA) is 64.3 Å². The summed E-state index contributed by atoms with van der Waals surface area (Å²) >= 11 is 0. The first-order valence-corrected chi connectivity index (χ1v) is 8.74. The lowest BCUT2D eigenvalue weighted by atomic mass is 9.70. The van der Waals surface area contributed by atoms with E-state index in [0.29, 0.717) is 18.4 Å². The van der Waals surface area contributed by atoms with Crippen LogP contribution in [-0.2, 0) is 15.7 Å². The van der Waals surface area contributed by atoms with Crippen LogP contribution in [0.5, 0.6) is 0 Å². The largest absolute Gasteiger partial charge is 0.416 e. The van der Waals surface area contributed by atoms with Crippen LogP contribution < -0.4 is 11.1 Å². The predicted octanol–water partition coefficient (Wildman–Crippen LogP) is 2.97. The van der Waals surface area contributed by atoms with Gasteiger partial charge in [0.15, 0.2) is 0 Å². The molecule has 1 aliphatic heterocycles. The van der Waals surface area contributed by atoms with Crippen molar-refractivity contribution < 1.29 is 27.1 Å². The van der Waals surface area contributed by atoms with E-state index in [0.717, 1.165) is 12.1 Å². The number of rotatable bonds is 4. The fourth-order valence-corrected chi connectivity index (χ4v) is 4.03. The molecular weight excluding hydrogens is 352 g/mol. The third-order valence-electron chi connectivity index (χ3n) is 5.23. The number of nitrogens with one attached hydrogen (secondary N) is 1. The van der Waals surface area contributed by atoms with Crippen molar-refractivity contribution in [1.82, 2.24) is 5.32 Å². The molecule has 4 nitrogen and oxygen atoms in total. The number of alkyl halides is 4. The molecule has 26 heavy (non-hydrogen) atoms. The zero-order chi connectivity index (χ0) is 18.9. The van der Waals surface area contributed by atoms with Crippen molar-refractivity contribution in [3.05, 3.63) is 35.4 Å². The van der Waals surface area contributed by atoms with E-state index in [1.54, 1.807) is 6.07 Å². The predicted molar refractivity (Wildman–Crippen MR) is 86.8 cm³/mol. The van der Waals surface area contributed by atoms with E-state index < -0.39 is 36.0 Å². The number of carbonyl (C=O) groups excluding carboxylic acids is 1. The molecule has 1 amide bonds. The van der Waals surface area contributed by atoms with Gasteiger partial charge in [-0.3, -0.25) is 4.79 Å². The van der Waals surface area contributed by atoms with Crippen LogP contribution in [0.4, 0.5) is 17.6 Å². The van der Waals surface area contributed by atoms with E-state index in [2.05, 4.69) is 5.32 Å². The molecule has 3 N–H and O–H groups in total. The van der Waals surface area contributed by atoms with Gasteiger partial charge in [-0.15, -0.1) is 0 Å². The highest BCUT2D eigenvalue weighted by Gasteiger charge is 2.48. The number of hydrogen-bond acceptors (Lipinski definition) is 3. The molecule has 1 saturated carbocycles. The molecule has 0 bridgehead atoms. The van der Waals surface area contributed by atoms with Crippen LogP contribution in [0.2, 0.25) is 0 Å². The highest BCUT2D eigenvalue weighted by molar-refractivity contribution is 5.81. The van der Waals surface area contributed by atoms with E-state index in [-0.39, 0.29) is 31.4 Å². The van der Waals surface area contributed by atoms with Gasteiger partial charge in [-0.1, -0.05) is 12.1 Å². The molecule has 0 radical (unpaired) electrons. The highest BCUT2D eigenvalue weighted by Crippen LogP contribution is 2.43. The number of ether oxygens (including phenoxy) is 1. The molecule has 5 atom stereocenters. The number of piperidine rings is 1. The fraction of sp³-hybridized carbons (Fsp3) is 0.611. The Labute approximate surface area is 149 Å². The molecule has 0 aromatic heterocycles. The molecule has 1 aliphatic carbocycles. The standard InChI is InChI=1S/C18H22F4N2O2/c19-12-4-5-13-14(9-12)17(25)24-15(16(13)26-7-6-23)10-2-1-3-11(8-10)18(20,21)22/h1-3,8,12-16H,4-7,9,23H2,(H,24,25). The van der Waals surface area contributed by atoms with Crippen molar-refractivity contribution in [2.75, 3.05) is 13.2 Å². The van der Waals surface area contributed by atoms with Crippen molar-refractivity contribution >= 4 is 5.91 Å². The molecule has 1 saturated heterocycles. The van der Waals surface area contributed by atoms with E-state index in [1.165, 1.54) is 6.07 Å². The Bertz CT molecular complexity index is 652. The lowest BCUT2D eigenvalue weighted by Crippen LogP contribution is -2.55. The first-order chi connectivity index (χ1) is 12.3. The first kappa shape index (κ1) is 19.1. The molecule has 8 heteroatoms. The highest BCUT2D eigenvalue weighted by atomic mass is 19.4. The van der Waals surface area contributed by atoms with Crippen molar-refractivity contribution in [1.29, 1.82) is 0 Å². The number of halogens is 4. The van der Waals surface area contributed by atoms with E-state index >= 15 is 0 Å². The summed E-state index contributed by atoms with van der Waals surface area (Å²) in [6.07, 6.45) is -5.14. The maximum atomic E-state index is 13.7. The van der Waals surface area contributed by atoms with Crippen LogP contribution in [0.1, 0.15) is 36.4 Å². The summed E-state index contributed by atoms with van der Waals surface area (Å²) in [7, 11) is 0. The van der Waals surface area contributed by atoms with E-state index in [9.17, 15) is 22.4 Å². The molecule has 0 spiro atoms. The zero-order valence-electron chi connectivity index (χ0n) is 14.1. The molecule has 144 valence electrons. The van der Waals surface area contributed by atoms with Crippen LogP contribution in [0.15, 0.2) is 24.3 Å². The third-order valence-corrected chi connectivity index (χ3v) is 5.23. The molecule has 1 aromatic carbocycles. The fourth-order valence-electron chi connectivity index (χ4n) is 4.03. The minimum Gasteiger partial charge on any atom is -0.374 e. The SMILES string of the molecule is NCCOC1C(c2cccc(C(F)(F)F)c2)NC(=O)C2CC(F)CCC21. The van der Waals surface area contributed by atoms with Crippen LogP contribution >= 0.6 is 0 Å². The molecule has 1 heterocycles. The molecular formula is C18H22F4N2O2. The van der Waals surface area contributed by atoms with Gasteiger partial charge >= 0.3 is 6.18 Å². The second-order valence-corrected chi connectivity index (χ2v) is 6.91. The third kappa shape index (κ3) is 3.86. The molecule has 2 aliphatic rings. The maximum Gasteiger partial charge on any atom is 0.416 e. The normalized spacial score (nSPS) is 32.0. The van der Waals surface area contributed by atoms with Gasteiger partial charge in [0.2, 0.25) is 5.91 Å². The minimum atomic E-state index is -4.48. The molecule has 5 unspecified atom stereocenters. The summed E-state index contributed by atoms with van der Waals surface area (Å²) in [5, 5.41) is 2.75. The maximum absolute atomic E-state index is 13.7. The van der Waals surface area contributed by atoms with Crippen LogP contribution in [-0.4, -0.2) is 31.3 Å². The van der Waals surface area contributed by atoms with E-state index in [1.807, 2.05) is 0 Å². The summed E-state index contributed by atoms with van der Waals surface area (Å²) in [6, 6.07) is 4.16. The second-order valence-electron chi connectivity index (χ2n) is 6.91. The summed E-state index contributed by atoms with van der Waals surface area (Å²) in [5.74, 6) is -1.09. The number of benzene rings is 1. The van der Waals surface area contributed by atoms with E-state index in [4.69, 9.17) is 10.5 Å². The average molecular weight is 374 g/mol. The average Bonchev–Trinajstić information content (AvgIpc) is 2.60. The van der Waals surface area contributed by atoms with Gasteiger partial charge in [0.05, 0.1) is 24.3 Å². The zero-order valence-corrected chi connectivity index (χ0v) is 14.1. The van der Waals surface area contributed by atoms with Crippen LogP contribution in [0, 0.1) is 11.8 Å². The van der Waals surface area contributed by atoms with Crippen LogP contribution in [0.3, 0.4) is 0 Å². The number of hydrogen-bond donors (Lipinski definition) is 2. The number of amides is 1. The van der Waals surface area contributed by atoms with Crippen molar-refractivity contribution in [3.8, 4) is 0 Å². The lowest BCUT2D eigenvalue weighted by molar-refractivity contribution is -0.144. The number of fused-ring (bicyclic) bond motifs is 1. The Morgan fingerprint density at radius 3 is 2.73 bits per heavy atom. The Morgan fingerprint density at radius 2 is 2.04 bits per heavy atom. The summed E-state index contributed by atoms with van der Waals surface area (Å²) in [5.41, 5.74) is 5.06. The molecule has 3 rings (SSSR count). The van der Waals surface area contributed by atoms with Crippen LogP contribution in [0.25, 0.3) is 0 Å². The smallest absolute Gasteiger partial charge is 0.374 e. The van der Waals surface area contributed by atoms with Gasteiger partial charge in [0.25, 0.3) is 0 Å². The van der Waals surface area contributed by atoms with Crippen molar-refractivity contribution in [2.24, 2.45) is 17.6 Å². The van der Waals surface area contributed by atoms with Gasteiger partial charge in [-0.2, -0.15) is 13.2 Å². The Morgan fingerprint density at radius 1 is 1.27 bits per heavy atom. The van der Waals surface area contributed by atoms with Gasteiger partial charge in [0.1, 0.15) is 6.17 Å². The number of nitrogens with two attached hydrogens (primary N) is 1. The van der Waals surface area contributed by atoms with Gasteiger partial charge in [-0.25, -0.2) is 4.39 Å². The Hall–Kier alpha value is -1.67. The Kier molecular flexibility index (Phi) is 5.53. The summed E-state index contributed by atoms with van der Waals surface area (Å²) in [4.78, 5) is 12.5. The lowest BCUT2D eigenvalue weighted by Gasteiger charge is -2.45. The number of carbonyl (C=O) groups is 1. The van der Waals surface area contributed by atoms with Gasteiger partial charge < -0.3 is 15.8 Å². The van der Waals surface area contributed by atoms with Crippen molar-refractivity contribution in [2.45, 2.75) is 43.8 Å². The summed E-state index contributed by atoms with van der Waals surface area (Å²) < 4.78 is 58.7. The Balaban J connectivity index is 1.93. The first-order valence-electron chi connectivity index (χ1n) is 8.74. The monoisotopic (exact) mass is 374 g/mol. The molecule has 2 fully saturated rings. The second kappa shape index (κ2) is 7.52. The summed E-state index contributed by atoms with van der Waals surface area (Å²) in [6.45, 7) is 0.473. The quantitative estimate of drug-likeness (QED) is 0.797.